The molecule has 1 aromatic carbocycles. The van der Waals surface area contributed by atoms with Crippen molar-refractivity contribution in [1.82, 2.24) is 20.1 Å². The van der Waals surface area contributed by atoms with Crippen molar-refractivity contribution in [2.75, 3.05) is 12.4 Å². The van der Waals surface area contributed by atoms with Crippen molar-refractivity contribution in [2.24, 2.45) is 5.92 Å². The summed E-state index contributed by atoms with van der Waals surface area (Å²) in [4.78, 5) is 29.1. The van der Waals surface area contributed by atoms with E-state index >= 15 is 0 Å². The molecule has 1 aliphatic rings. The SMILES string of the molecule is CNC(=O)c1ccc(NC(=O)c2cc(C)ncc2-n2cc(CC3CCC3)cn2)cc1. The summed E-state index contributed by atoms with van der Waals surface area (Å²) in [6, 6.07) is 8.53. The second-order valence-electron chi connectivity index (χ2n) is 7.75. The second-order valence-corrected chi connectivity index (χ2v) is 7.75. The Labute approximate surface area is 175 Å². The average molecular weight is 403 g/mol. The molecule has 2 aromatic heterocycles. The van der Waals surface area contributed by atoms with E-state index in [1.54, 1.807) is 48.3 Å². The van der Waals surface area contributed by atoms with E-state index in [2.05, 4.69) is 20.7 Å². The lowest BCUT2D eigenvalue weighted by Gasteiger charge is -2.24. The van der Waals surface area contributed by atoms with E-state index in [1.165, 1.54) is 24.8 Å². The standard InChI is InChI=1S/C23H25N5O2/c1-15-10-20(23(30)27-19-8-6-18(7-9-19)22(29)24-2)21(13-25-15)28-14-17(12-26-28)11-16-4-3-5-16/h6-10,12-14,16H,3-5,11H2,1-2H3,(H,24,29)(H,27,30). The van der Waals surface area contributed by atoms with E-state index < -0.39 is 0 Å². The van der Waals surface area contributed by atoms with Crippen LogP contribution in [0.3, 0.4) is 0 Å². The Morgan fingerprint density at radius 3 is 2.57 bits per heavy atom. The van der Waals surface area contributed by atoms with E-state index in [1.807, 2.05) is 19.3 Å². The summed E-state index contributed by atoms with van der Waals surface area (Å²) >= 11 is 0. The highest BCUT2D eigenvalue weighted by Crippen LogP contribution is 2.30. The van der Waals surface area contributed by atoms with Gasteiger partial charge in [0.15, 0.2) is 0 Å². The molecule has 2 amide bonds. The minimum absolute atomic E-state index is 0.170. The molecule has 0 aliphatic heterocycles. The number of hydrogen-bond donors (Lipinski definition) is 2. The zero-order chi connectivity index (χ0) is 21.1. The minimum Gasteiger partial charge on any atom is -0.355 e. The van der Waals surface area contributed by atoms with Gasteiger partial charge in [0.1, 0.15) is 0 Å². The Hall–Kier alpha value is -3.48. The summed E-state index contributed by atoms with van der Waals surface area (Å²) in [5.41, 5.74) is 4.21. The molecule has 7 heteroatoms. The van der Waals surface area contributed by atoms with Gasteiger partial charge < -0.3 is 10.6 Å². The number of nitrogens with zero attached hydrogens (tertiary/aromatic N) is 3. The highest BCUT2D eigenvalue weighted by atomic mass is 16.2. The molecule has 0 radical (unpaired) electrons. The van der Waals surface area contributed by atoms with E-state index in [4.69, 9.17) is 0 Å². The number of pyridine rings is 1. The average Bonchev–Trinajstić information content (AvgIpc) is 3.19. The van der Waals surface area contributed by atoms with Crippen molar-refractivity contribution >= 4 is 17.5 Å². The fourth-order valence-electron chi connectivity index (χ4n) is 3.59. The summed E-state index contributed by atoms with van der Waals surface area (Å²) in [6.07, 6.45) is 10.4. The molecule has 4 rings (SSSR count). The van der Waals surface area contributed by atoms with Crippen LogP contribution in [-0.2, 0) is 6.42 Å². The van der Waals surface area contributed by atoms with Gasteiger partial charge in [0.25, 0.3) is 11.8 Å². The number of aryl methyl sites for hydroxylation is 1. The highest BCUT2D eigenvalue weighted by molar-refractivity contribution is 6.07. The topological polar surface area (TPSA) is 88.9 Å². The van der Waals surface area contributed by atoms with Crippen molar-refractivity contribution in [1.29, 1.82) is 0 Å². The van der Waals surface area contributed by atoms with E-state index in [9.17, 15) is 9.59 Å². The van der Waals surface area contributed by atoms with Crippen molar-refractivity contribution in [3.05, 3.63) is 71.3 Å². The van der Waals surface area contributed by atoms with Crippen LogP contribution >= 0.6 is 0 Å². The molecule has 0 saturated heterocycles. The molecule has 0 spiro atoms. The Balaban J connectivity index is 1.55. The maximum Gasteiger partial charge on any atom is 0.257 e. The smallest absolute Gasteiger partial charge is 0.257 e. The molecule has 0 bridgehead atoms. The number of rotatable bonds is 6. The molecular formula is C23H25N5O2. The van der Waals surface area contributed by atoms with Crippen molar-refractivity contribution in [3.8, 4) is 5.69 Å². The number of anilines is 1. The normalized spacial score (nSPS) is 13.5. The number of carbonyl (C=O) groups excluding carboxylic acids is 2. The van der Waals surface area contributed by atoms with Crippen molar-refractivity contribution in [3.63, 3.8) is 0 Å². The molecular weight excluding hydrogens is 378 g/mol. The lowest BCUT2D eigenvalue weighted by atomic mass is 9.81. The van der Waals surface area contributed by atoms with Crippen LogP contribution in [0, 0.1) is 12.8 Å². The molecule has 2 heterocycles. The minimum atomic E-state index is -0.251. The lowest BCUT2D eigenvalue weighted by Crippen LogP contribution is -2.18. The molecule has 0 atom stereocenters. The number of benzene rings is 1. The van der Waals surface area contributed by atoms with Gasteiger partial charge in [0.2, 0.25) is 0 Å². The Bertz CT molecular complexity index is 1070. The predicted molar refractivity (Wildman–Crippen MR) is 115 cm³/mol. The van der Waals surface area contributed by atoms with Gasteiger partial charge in [0, 0.05) is 30.2 Å². The summed E-state index contributed by atoms with van der Waals surface area (Å²) in [7, 11) is 1.58. The monoisotopic (exact) mass is 403 g/mol. The fourth-order valence-corrected chi connectivity index (χ4v) is 3.59. The number of aromatic nitrogens is 3. The van der Waals surface area contributed by atoms with Gasteiger partial charge in [-0.3, -0.25) is 14.6 Å². The molecule has 1 saturated carbocycles. The molecule has 7 nitrogen and oxygen atoms in total. The fraction of sp³-hybridized carbons (Fsp3) is 0.304. The Morgan fingerprint density at radius 2 is 1.90 bits per heavy atom. The maximum absolute atomic E-state index is 13.0. The lowest BCUT2D eigenvalue weighted by molar-refractivity contribution is 0.0962. The summed E-state index contributed by atoms with van der Waals surface area (Å²) in [6.45, 7) is 1.85. The Kier molecular flexibility index (Phi) is 5.61. The number of nitrogens with one attached hydrogen (secondary N) is 2. The number of carbonyl (C=O) groups is 2. The van der Waals surface area contributed by atoms with E-state index in [-0.39, 0.29) is 11.8 Å². The zero-order valence-corrected chi connectivity index (χ0v) is 17.2. The molecule has 2 N–H and O–H groups in total. The van der Waals surface area contributed by atoms with Gasteiger partial charge >= 0.3 is 0 Å². The summed E-state index contributed by atoms with van der Waals surface area (Å²) in [5, 5.41) is 9.95. The quantitative estimate of drug-likeness (QED) is 0.659. The van der Waals surface area contributed by atoms with Crippen LogP contribution in [0.2, 0.25) is 0 Å². The first-order chi connectivity index (χ1) is 14.5. The van der Waals surface area contributed by atoms with Gasteiger partial charge in [-0.05, 0) is 55.2 Å². The molecule has 1 aliphatic carbocycles. The molecule has 154 valence electrons. The predicted octanol–water partition coefficient (Wildman–Crippen LogP) is 3.53. The molecule has 3 aromatic rings. The van der Waals surface area contributed by atoms with Crippen LogP contribution in [0.5, 0.6) is 0 Å². The van der Waals surface area contributed by atoms with Crippen LogP contribution in [-0.4, -0.2) is 33.6 Å². The van der Waals surface area contributed by atoms with Gasteiger partial charge in [-0.2, -0.15) is 5.10 Å². The highest BCUT2D eigenvalue weighted by Gasteiger charge is 2.20. The summed E-state index contributed by atoms with van der Waals surface area (Å²) < 4.78 is 1.73. The molecule has 1 fully saturated rings. The third kappa shape index (κ3) is 4.25. The van der Waals surface area contributed by atoms with Gasteiger partial charge in [0.05, 0.1) is 23.6 Å². The first kappa shape index (κ1) is 19.8. The van der Waals surface area contributed by atoms with Crippen molar-refractivity contribution < 1.29 is 9.59 Å². The van der Waals surface area contributed by atoms with E-state index in [0.717, 1.165) is 18.0 Å². The Morgan fingerprint density at radius 1 is 1.13 bits per heavy atom. The third-order valence-electron chi connectivity index (χ3n) is 5.53. The zero-order valence-electron chi connectivity index (χ0n) is 17.2. The van der Waals surface area contributed by atoms with Crippen LogP contribution in [0.15, 0.2) is 48.9 Å². The second kappa shape index (κ2) is 8.49. The van der Waals surface area contributed by atoms with Crippen LogP contribution in [0.25, 0.3) is 5.69 Å². The summed E-state index contributed by atoms with van der Waals surface area (Å²) in [5.74, 6) is 0.329. The van der Waals surface area contributed by atoms with E-state index in [0.29, 0.717) is 22.5 Å². The largest absolute Gasteiger partial charge is 0.355 e. The van der Waals surface area contributed by atoms with Gasteiger partial charge in [-0.1, -0.05) is 19.3 Å². The van der Waals surface area contributed by atoms with Crippen LogP contribution in [0.4, 0.5) is 5.69 Å². The van der Waals surface area contributed by atoms with Gasteiger partial charge in [-0.25, -0.2) is 4.68 Å². The van der Waals surface area contributed by atoms with Gasteiger partial charge in [-0.15, -0.1) is 0 Å². The van der Waals surface area contributed by atoms with Crippen molar-refractivity contribution in [2.45, 2.75) is 32.6 Å². The third-order valence-corrected chi connectivity index (χ3v) is 5.53. The van der Waals surface area contributed by atoms with Crippen LogP contribution < -0.4 is 10.6 Å². The number of hydrogen-bond acceptors (Lipinski definition) is 4. The molecule has 0 unspecified atom stereocenters. The maximum atomic E-state index is 13.0. The first-order valence-corrected chi connectivity index (χ1v) is 10.2. The molecule has 30 heavy (non-hydrogen) atoms. The van der Waals surface area contributed by atoms with Crippen LogP contribution in [0.1, 0.15) is 51.2 Å². The number of amides is 2. The first-order valence-electron chi connectivity index (χ1n) is 10.2.